The fourth-order valence-electron chi connectivity index (χ4n) is 3.84. The van der Waals surface area contributed by atoms with Gasteiger partial charge in [-0.2, -0.15) is 9.57 Å². The first kappa shape index (κ1) is 16.9. The van der Waals surface area contributed by atoms with Crippen LogP contribution in [0.5, 0.6) is 0 Å². The second-order valence-corrected chi connectivity index (χ2v) is 8.77. The SMILES string of the molecule is N#Cc1cccc(S(=O)(=O)N2CCC(n3cnc4cnc5[nH]ccc5c43)C2)c1. The zero-order valence-electron chi connectivity index (χ0n) is 14.8. The Hall–Kier alpha value is -3.22. The normalized spacial score (nSPS) is 18.0. The summed E-state index contributed by atoms with van der Waals surface area (Å²) in [6, 6.07) is 10.1. The van der Waals surface area contributed by atoms with Crippen LogP contribution in [0.25, 0.3) is 22.1 Å². The highest BCUT2D eigenvalue weighted by atomic mass is 32.2. The fraction of sp³-hybridized carbons (Fsp3) is 0.211. The van der Waals surface area contributed by atoms with Crippen molar-refractivity contribution in [2.75, 3.05) is 13.1 Å². The van der Waals surface area contributed by atoms with Crippen molar-refractivity contribution in [2.45, 2.75) is 17.4 Å². The number of fused-ring (bicyclic) bond motifs is 3. The molecule has 5 rings (SSSR count). The van der Waals surface area contributed by atoms with Crippen molar-refractivity contribution in [3.63, 3.8) is 0 Å². The fourth-order valence-corrected chi connectivity index (χ4v) is 5.38. The number of aromatic amines is 1. The maximum atomic E-state index is 13.0. The summed E-state index contributed by atoms with van der Waals surface area (Å²) in [7, 11) is -3.65. The van der Waals surface area contributed by atoms with Crippen LogP contribution in [0, 0.1) is 11.3 Å². The molecule has 0 spiro atoms. The van der Waals surface area contributed by atoms with Crippen molar-refractivity contribution in [1.82, 2.24) is 23.8 Å². The van der Waals surface area contributed by atoms with Gasteiger partial charge < -0.3 is 9.55 Å². The molecule has 1 atom stereocenters. The number of rotatable bonds is 3. The number of aromatic nitrogens is 4. The largest absolute Gasteiger partial charge is 0.346 e. The summed E-state index contributed by atoms with van der Waals surface area (Å²) < 4.78 is 29.6. The summed E-state index contributed by atoms with van der Waals surface area (Å²) in [6.07, 6.45) is 6.01. The van der Waals surface area contributed by atoms with Gasteiger partial charge in [-0.15, -0.1) is 0 Å². The van der Waals surface area contributed by atoms with E-state index in [0.29, 0.717) is 25.1 Å². The van der Waals surface area contributed by atoms with E-state index in [4.69, 9.17) is 5.26 Å². The lowest BCUT2D eigenvalue weighted by molar-refractivity contribution is 0.455. The summed E-state index contributed by atoms with van der Waals surface area (Å²) in [5.74, 6) is 0. The van der Waals surface area contributed by atoms with Crippen LogP contribution < -0.4 is 0 Å². The highest BCUT2D eigenvalue weighted by molar-refractivity contribution is 7.89. The van der Waals surface area contributed by atoms with Crippen molar-refractivity contribution in [2.24, 2.45) is 0 Å². The Morgan fingerprint density at radius 3 is 3.00 bits per heavy atom. The van der Waals surface area contributed by atoms with Gasteiger partial charge >= 0.3 is 0 Å². The lowest BCUT2D eigenvalue weighted by Crippen LogP contribution is -2.29. The number of sulfonamides is 1. The third kappa shape index (κ3) is 2.50. The van der Waals surface area contributed by atoms with Crippen molar-refractivity contribution in [3.8, 4) is 6.07 Å². The van der Waals surface area contributed by atoms with Crippen LogP contribution in [0.1, 0.15) is 18.0 Å². The standard InChI is InChI=1S/C19H16N6O2S/c20-9-13-2-1-3-15(8-13)28(26,27)24-7-5-14(11-24)25-12-23-17-10-22-19-16(18(17)25)4-6-21-19/h1-4,6,8,10,12,14H,5,7,11H2,(H,21,22). The van der Waals surface area contributed by atoms with Gasteiger partial charge in [0.1, 0.15) is 11.2 Å². The Kier molecular flexibility index (Phi) is 3.72. The van der Waals surface area contributed by atoms with Crippen molar-refractivity contribution in [3.05, 3.63) is 54.6 Å². The summed E-state index contributed by atoms with van der Waals surface area (Å²) in [6.45, 7) is 0.781. The van der Waals surface area contributed by atoms with Gasteiger partial charge in [0.2, 0.25) is 10.0 Å². The molecule has 8 nitrogen and oxygen atoms in total. The van der Waals surface area contributed by atoms with E-state index in [1.54, 1.807) is 24.7 Å². The monoisotopic (exact) mass is 392 g/mol. The van der Waals surface area contributed by atoms with Crippen LogP contribution in [0.4, 0.5) is 0 Å². The zero-order chi connectivity index (χ0) is 19.3. The average Bonchev–Trinajstić information content (AvgIpc) is 3.45. The van der Waals surface area contributed by atoms with Crippen LogP contribution in [-0.2, 0) is 10.0 Å². The maximum absolute atomic E-state index is 13.0. The second-order valence-electron chi connectivity index (χ2n) is 6.83. The summed E-state index contributed by atoms with van der Waals surface area (Å²) in [5.41, 5.74) is 2.86. The number of hydrogen-bond donors (Lipinski definition) is 1. The number of pyridine rings is 1. The lowest BCUT2D eigenvalue weighted by Gasteiger charge is -2.18. The predicted molar refractivity (Wildman–Crippen MR) is 103 cm³/mol. The van der Waals surface area contributed by atoms with Gasteiger partial charge in [-0.1, -0.05) is 6.07 Å². The number of H-pyrrole nitrogens is 1. The number of nitrogens with one attached hydrogen (secondary N) is 1. The lowest BCUT2D eigenvalue weighted by atomic mass is 10.2. The van der Waals surface area contributed by atoms with Crippen LogP contribution in [0.3, 0.4) is 0 Å². The molecule has 1 saturated heterocycles. The number of nitrogens with zero attached hydrogens (tertiary/aromatic N) is 5. The van der Waals surface area contributed by atoms with E-state index < -0.39 is 10.0 Å². The minimum atomic E-state index is -3.65. The van der Waals surface area contributed by atoms with E-state index in [-0.39, 0.29) is 10.9 Å². The molecule has 0 bridgehead atoms. The van der Waals surface area contributed by atoms with E-state index in [2.05, 4.69) is 19.5 Å². The van der Waals surface area contributed by atoms with Crippen LogP contribution >= 0.6 is 0 Å². The summed E-state index contributed by atoms with van der Waals surface area (Å²) >= 11 is 0. The van der Waals surface area contributed by atoms with Gasteiger partial charge in [0.15, 0.2) is 0 Å². The molecule has 0 radical (unpaired) electrons. The molecule has 0 saturated carbocycles. The molecule has 1 fully saturated rings. The summed E-state index contributed by atoms with van der Waals surface area (Å²) in [4.78, 5) is 12.1. The third-order valence-electron chi connectivity index (χ3n) is 5.24. The van der Waals surface area contributed by atoms with Gasteiger partial charge in [-0.05, 0) is 30.7 Å². The van der Waals surface area contributed by atoms with E-state index in [1.807, 2.05) is 18.3 Å². The Morgan fingerprint density at radius 1 is 1.25 bits per heavy atom. The minimum absolute atomic E-state index is 0.0144. The number of imidazole rings is 1. The van der Waals surface area contributed by atoms with Gasteiger partial charge in [0, 0.05) is 24.7 Å². The molecule has 1 unspecified atom stereocenters. The van der Waals surface area contributed by atoms with E-state index >= 15 is 0 Å². The molecule has 4 aromatic rings. The number of benzene rings is 1. The molecule has 1 aromatic carbocycles. The first-order valence-corrected chi connectivity index (χ1v) is 10.3. The summed E-state index contributed by atoms with van der Waals surface area (Å²) in [5, 5.41) is 10.0. The van der Waals surface area contributed by atoms with Crippen molar-refractivity contribution in [1.29, 1.82) is 5.26 Å². The van der Waals surface area contributed by atoms with Gasteiger partial charge in [0.05, 0.1) is 40.6 Å². The Labute approximate surface area is 161 Å². The number of nitriles is 1. The van der Waals surface area contributed by atoms with Crippen molar-refractivity contribution < 1.29 is 8.42 Å². The highest BCUT2D eigenvalue weighted by Gasteiger charge is 2.34. The van der Waals surface area contributed by atoms with Crippen LogP contribution in [0.15, 0.2) is 53.9 Å². The topological polar surface area (TPSA) is 108 Å². The first-order chi connectivity index (χ1) is 13.6. The predicted octanol–water partition coefficient (Wildman–Crippen LogP) is 2.42. The molecular formula is C19H16N6O2S. The highest BCUT2D eigenvalue weighted by Crippen LogP contribution is 2.32. The smallest absolute Gasteiger partial charge is 0.243 e. The Bertz CT molecular complexity index is 1350. The molecule has 140 valence electrons. The molecular weight excluding hydrogens is 376 g/mol. The van der Waals surface area contributed by atoms with Crippen molar-refractivity contribution >= 4 is 32.1 Å². The molecule has 0 aliphatic carbocycles. The zero-order valence-corrected chi connectivity index (χ0v) is 15.6. The molecule has 28 heavy (non-hydrogen) atoms. The maximum Gasteiger partial charge on any atom is 0.243 e. The average molecular weight is 392 g/mol. The van der Waals surface area contributed by atoms with E-state index in [0.717, 1.165) is 22.1 Å². The molecule has 1 aliphatic heterocycles. The molecule has 0 amide bonds. The van der Waals surface area contributed by atoms with Gasteiger partial charge in [-0.3, -0.25) is 0 Å². The van der Waals surface area contributed by atoms with Crippen LogP contribution in [-0.4, -0.2) is 45.3 Å². The van der Waals surface area contributed by atoms with Crippen LogP contribution in [0.2, 0.25) is 0 Å². The molecule has 1 aliphatic rings. The molecule has 3 aromatic heterocycles. The Morgan fingerprint density at radius 2 is 2.14 bits per heavy atom. The van der Waals surface area contributed by atoms with E-state index in [9.17, 15) is 8.42 Å². The minimum Gasteiger partial charge on any atom is -0.346 e. The third-order valence-corrected chi connectivity index (χ3v) is 7.10. The van der Waals surface area contributed by atoms with Gasteiger partial charge in [-0.25, -0.2) is 18.4 Å². The number of hydrogen-bond acceptors (Lipinski definition) is 5. The first-order valence-electron chi connectivity index (χ1n) is 8.87. The molecule has 9 heteroatoms. The molecule has 4 heterocycles. The van der Waals surface area contributed by atoms with Gasteiger partial charge in [0.25, 0.3) is 0 Å². The molecule has 1 N–H and O–H groups in total. The van der Waals surface area contributed by atoms with E-state index in [1.165, 1.54) is 16.4 Å². The quantitative estimate of drug-likeness (QED) is 0.576. The Balaban J connectivity index is 1.50. The second kappa shape index (κ2) is 6.15.